The molecule has 0 aliphatic carbocycles. The van der Waals surface area contributed by atoms with Crippen LogP contribution in [0.5, 0.6) is 0 Å². The third-order valence-corrected chi connectivity index (χ3v) is 7.15. The lowest BCUT2D eigenvalue weighted by Crippen LogP contribution is -2.43. The van der Waals surface area contributed by atoms with E-state index in [1.54, 1.807) is 11.3 Å². The van der Waals surface area contributed by atoms with E-state index in [-0.39, 0.29) is 5.91 Å². The second-order valence-electron chi connectivity index (χ2n) is 8.50. The summed E-state index contributed by atoms with van der Waals surface area (Å²) in [5.41, 5.74) is 3.19. The van der Waals surface area contributed by atoms with Crippen LogP contribution in [-0.2, 0) is 11.3 Å². The highest BCUT2D eigenvalue weighted by Gasteiger charge is 2.27. The van der Waals surface area contributed by atoms with Crippen molar-refractivity contribution in [2.45, 2.75) is 25.3 Å². The molecular weight excluding hydrogens is 418 g/mol. The topological polar surface area (TPSA) is 54.3 Å². The quantitative estimate of drug-likeness (QED) is 0.444. The van der Waals surface area contributed by atoms with Gasteiger partial charge in [-0.2, -0.15) is 5.10 Å². The number of fused-ring (bicyclic) bond motifs is 1. The fourth-order valence-electron chi connectivity index (χ4n) is 4.33. The van der Waals surface area contributed by atoms with Crippen LogP contribution in [0.4, 0.5) is 0 Å². The Hall–Kier alpha value is -3.03. The Bertz CT molecular complexity index is 1170. The van der Waals surface area contributed by atoms with E-state index >= 15 is 0 Å². The van der Waals surface area contributed by atoms with Crippen LogP contribution in [0.2, 0.25) is 0 Å². The molecule has 5 rings (SSSR count). The van der Waals surface area contributed by atoms with Crippen LogP contribution in [-0.4, -0.2) is 57.2 Å². The van der Waals surface area contributed by atoms with Crippen molar-refractivity contribution in [3.8, 4) is 5.69 Å². The molecule has 0 unspecified atom stereocenters. The molecule has 1 fully saturated rings. The summed E-state index contributed by atoms with van der Waals surface area (Å²) in [4.78, 5) is 21.9. The zero-order valence-corrected chi connectivity index (χ0v) is 19.0. The van der Waals surface area contributed by atoms with Crippen molar-refractivity contribution in [1.29, 1.82) is 0 Å². The van der Waals surface area contributed by atoms with Crippen LogP contribution in [0.3, 0.4) is 0 Å². The van der Waals surface area contributed by atoms with Gasteiger partial charge < -0.3 is 4.90 Å². The maximum Gasteiger partial charge on any atom is 0.236 e. The Balaban J connectivity index is 1.18. The van der Waals surface area contributed by atoms with Crippen LogP contribution in [0.1, 0.15) is 29.3 Å². The van der Waals surface area contributed by atoms with Gasteiger partial charge in [0.2, 0.25) is 5.91 Å². The van der Waals surface area contributed by atoms with Gasteiger partial charge in [-0.25, -0.2) is 9.67 Å². The van der Waals surface area contributed by atoms with E-state index in [4.69, 9.17) is 4.98 Å². The summed E-state index contributed by atoms with van der Waals surface area (Å²) in [5.74, 6) is 0.522. The first-order valence-corrected chi connectivity index (χ1v) is 11.9. The van der Waals surface area contributed by atoms with Gasteiger partial charge in [0.1, 0.15) is 0 Å². The van der Waals surface area contributed by atoms with Gasteiger partial charge in [-0.3, -0.25) is 9.69 Å². The van der Waals surface area contributed by atoms with Gasteiger partial charge in [0.05, 0.1) is 33.7 Å². The van der Waals surface area contributed by atoms with Crippen molar-refractivity contribution in [2.24, 2.45) is 0 Å². The third kappa shape index (κ3) is 4.59. The monoisotopic (exact) mass is 445 g/mol. The number of benzene rings is 2. The van der Waals surface area contributed by atoms with E-state index in [0.29, 0.717) is 19.0 Å². The molecule has 0 bridgehead atoms. The highest BCUT2D eigenvalue weighted by Crippen LogP contribution is 2.33. The lowest BCUT2D eigenvalue weighted by Gasteiger charge is -2.33. The predicted octanol–water partition coefficient (Wildman–Crippen LogP) is 4.32. The van der Waals surface area contributed by atoms with E-state index in [0.717, 1.165) is 47.7 Å². The van der Waals surface area contributed by atoms with Crippen LogP contribution < -0.4 is 0 Å². The van der Waals surface area contributed by atoms with Crippen molar-refractivity contribution in [3.05, 3.63) is 77.6 Å². The summed E-state index contributed by atoms with van der Waals surface area (Å²) in [6.45, 7) is 2.69. The Morgan fingerprint density at radius 1 is 1.16 bits per heavy atom. The minimum Gasteiger partial charge on any atom is -0.341 e. The number of carbonyl (C=O) groups excluding carboxylic acids is 1. The van der Waals surface area contributed by atoms with E-state index in [1.165, 1.54) is 4.70 Å². The number of carbonyl (C=O) groups is 1. The lowest BCUT2D eigenvalue weighted by atomic mass is 9.98. The first-order valence-electron chi connectivity index (χ1n) is 11.1. The molecule has 0 N–H and O–H groups in total. The Morgan fingerprint density at radius 2 is 1.97 bits per heavy atom. The normalized spacial score (nSPS) is 16.7. The molecule has 6 nitrogen and oxygen atoms in total. The van der Waals surface area contributed by atoms with Crippen molar-refractivity contribution in [3.63, 3.8) is 0 Å². The number of aromatic nitrogens is 3. The second kappa shape index (κ2) is 9.22. The number of nitrogens with zero attached hydrogens (tertiary/aromatic N) is 5. The molecule has 1 aliphatic heterocycles. The zero-order chi connectivity index (χ0) is 21.9. The zero-order valence-electron chi connectivity index (χ0n) is 18.2. The van der Waals surface area contributed by atoms with Gasteiger partial charge in [0.15, 0.2) is 0 Å². The van der Waals surface area contributed by atoms with Crippen molar-refractivity contribution >= 4 is 27.5 Å². The lowest BCUT2D eigenvalue weighted by molar-refractivity contribution is -0.133. The summed E-state index contributed by atoms with van der Waals surface area (Å²) in [5, 5.41) is 5.62. The molecule has 4 aromatic rings. The van der Waals surface area contributed by atoms with Gasteiger partial charge in [-0.15, -0.1) is 11.3 Å². The number of amides is 1. The van der Waals surface area contributed by atoms with Crippen molar-refractivity contribution in [2.75, 3.05) is 26.7 Å². The number of likely N-dealkylation sites (N-methyl/N-ethyl adjacent to an activating group) is 1. The van der Waals surface area contributed by atoms with E-state index < -0.39 is 0 Å². The first kappa shape index (κ1) is 20.8. The Labute approximate surface area is 192 Å². The maximum absolute atomic E-state index is 13.0. The molecule has 7 heteroatoms. The van der Waals surface area contributed by atoms with Gasteiger partial charge >= 0.3 is 0 Å². The number of piperidine rings is 1. The van der Waals surface area contributed by atoms with Crippen molar-refractivity contribution in [1.82, 2.24) is 24.6 Å². The smallest absolute Gasteiger partial charge is 0.236 e. The number of hydrogen-bond acceptors (Lipinski definition) is 5. The molecule has 2 aromatic heterocycles. The molecule has 0 spiro atoms. The minimum absolute atomic E-state index is 0.189. The van der Waals surface area contributed by atoms with E-state index in [9.17, 15) is 4.79 Å². The van der Waals surface area contributed by atoms with Crippen molar-refractivity contribution < 1.29 is 4.79 Å². The molecule has 1 amide bonds. The summed E-state index contributed by atoms with van der Waals surface area (Å²) in [6, 6.07) is 18.3. The molecule has 32 heavy (non-hydrogen) atoms. The summed E-state index contributed by atoms with van der Waals surface area (Å²) in [6.07, 6.45) is 6.02. The number of likely N-dealkylation sites (tertiary alicyclic amines) is 1. The van der Waals surface area contributed by atoms with Gasteiger partial charge in [0, 0.05) is 37.3 Å². The molecule has 0 radical (unpaired) electrons. The Morgan fingerprint density at radius 3 is 2.81 bits per heavy atom. The highest BCUT2D eigenvalue weighted by atomic mass is 32.1. The Kier molecular flexibility index (Phi) is 6.01. The molecule has 0 saturated carbocycles. The van der Waals surface area contributed by atoms with Crippen LogP contribution in [0.25, 0.3) is 15.9 Å². The molecular formula is C25H27N5OS. The minimum atomic E-state index is 0.189. The average molecular weight is 446 g/mol. The fraction of sp³-hybridized carbons (Fsp3) is 0.320. The number of rotatable bonds is 6. The molecule has 164 valence electrons. The molecule has 1 atom stereocenters. The maximum atomic E-state index is 13.0. The summed E-state index contributed by atoms with van der Waals surface area (Å²) in [7, 11) is 1.99. The number of hydrogen-bond donors (Lipinski definition) is 0. The average Bonchev–Trinajstić information content (AvgIpc) is 3.47. The molecule has 1 saturated heterocycles. The predicted molar refractivity (Wildman–Crippen MR) is 128 cm³/mol. The van der Waals surface area contributed by atoms with Gasteiger partial charge in [0.25, 0.3) is 0 Å². The van der Waals surface area contributed by atoms with Crippen LogP contribution in [0, 0.1) is 0 Å². The van der Waals surface area contributed by atoms with Gasteiger partial charge in [-0.05, 0) is 44.2 Å². The molecule has 3 heterocycles. The number of thiazole rings is 1. The third-order valence-electron chi connectivity index (χ3n) is 5.95. The fourth-order valence-corrected chi connectivity index (χ4v) is 5.43. The van der Waals surface area contributed by atoms with Crippen LogP contribution in [0.15, 0.2) is 67.0 Å². The molecule has 1 aliphatic rings. The van der Waals surface area contributed by atoms with E-state index in [2.05, 4.69) is 28.2 Å². The highest BCUT2D eigenvalue weighted by molar-refractivity contribution is 7.18. The van der Waals surface area contributed by atoms with Gasteiger partial charge in [-0.1, -0.05) is 30.3 Å². The first-order chi connectivity index (χ1) is 15.7. The standard InChI is InChI=1S/C25H27N5OS/c1-28(15-19-14-26-30(16-19)21-9-3-2-4-10-21)18-24(31)29-13-7-8-20(17-29)25-27-22-11-5-6-12-23(22)32-25/h2-6,9-12,14,16,20H,7-8,13,15,17-18H2,1H3/t20-/m0/s1. The second-order valence-corrected chi connectivity index (χ2v) is 9.56. The molecule has 2 aromatic carbocycles. The van der Waals surface area contributed by atoms with Crippen LogP contribution >= 0.6 is 11.3 Å². The van der Waals surface area contributed by atoms with E-state index in [1.807, 2.05) is 65.4 Å². The SMILES string of the molecule is CN(CC(=O)N1CCC[C@H](c2nc3ccccc3s2)C1)Cc1cnn(-c2ccccc2)c1. The number of para-hydroxylation sites is 2. The summed E-state index contributed by atoms with van der Waals surface area (Å²) < 4.78 is 3.10. The largest absolute Gasteiger partial charge is 0.341 e. The summed E-state index contributed by atoms with van der Waals surface area (Å²) >= 11 is 1.76.